The number of nitrogens with one attached hydrogen (secondary N) is 1. The molecule has 7 nitrogen and oxygen atoms in total. The molecule has 0 aromatic carbocycles. The minimum Gasteiger partial charge on any atom is -0.449 e. The molecule has 25 heavy (non-hydrogen) atoms. The Bertz CT molecular complexity index is 540. The number of aromatic nitrogens is 2. The fourth-order valence-corrected chi connectivity index (χ4v) is 3.86. The van der Waals surface area contributed by atoms with E-state index in [4.69, 9.17) is 9.26 Å². The molecule has 0 radical (unpaired) electrons. The lowest BCUT2D eigenvalue weighted by Crippen LogP contribution is -2.46. The highest BCUT2D eigenvalue weighted by Crippen LogP contribution is 2.38. The standard InChI is InChI=1S/C18H30N4O3/c1-2-3-4-5-6-7-12-24-18(23)20-17-19-16(25-21-17)15-13-22-10-8-14(15)9-11-22/h14-15H,2-13H2,1H3,(H,20,21,23). The summed E-state index contributed by atoms with van der Waals surface area (Å²) in [6.07, 6.45) is 8.85. The van der Waals surface area contributed by atoms with Gasteiger partial charge in [0.1, 0.15) is 0 Å². The maximum atomic E-state index is 11.8. The van der Waals surface area contributed by atoms with Crippen molar-refractivity contribution >= 4 is 12.0 Å². The molecule has 1 unspecified atom stereocenters. The number of nitrogens with zero attached hydrogens (tertiary/aromatic N) is 3. The van der Waals surface area contributed by atoms with E-state index < -0.39 is 6.09 Å². The van der Waals surface area contributed by atoms with Crippen molar-refractivity contribution in [3.63, 3.8) is 0 Å². The van der Waals surface area contributed by atoms with Crippen molar-refractivity contribution in [1.29, 1.82) is 0 Å². The summed E-state index contributed by atoms with van der Waals surface area (Å²) in [6, 6.07) is 0. The Hall–Kier alpha value is -1.63. The number of hydrogen-bond acceptors (Lipinski definition) is 6. The first-order chi connectivity index (χ1) is 12.3. The Morgan fingerprint density at radius 3 is 2.72 bits per heavy atom. The minimum atomic E-state index is -0.505. The van der Waals surface area contributed by atoms with E-state index in [2.05, 4.69) is 27.3 Å². The molecular formula is C18H30N4O3. The predicted octanol–water partition coefficient (Wildman–Crippen LogP) is 3.79. The summed E-state index contributed by atoms with van der Waals surface area (Å²) in [5.41, 5.74) is 0. The largest absolute Gasteiger partial charge is 0.449 e. The predicted molar refractivity (Wildman–Crippen MR) is 94.5 cm³/mol. The van der Waals surface area contributed by atoms with Crippen LogP contribution >= 0.6 is 0 Å². The van der Waals surface area contributed by atoms with Crippen molar-refractivity contribution in [1.82, 2.24) is 15.0 Å². The first-order valence-corrected chi connectivity index (χ1v) is 9.76. The lowest BCUT2D eigenvalue weighted by Gasteiger charge is -2.43. The third-order valence-corrected chi connectivity index (χ3v) is 5.36. The third kappa shape index (κ3) is 5.17. The number of fused-ring (bicyclic) bond motifs is 3. The van der Waals surface area contributed by atoms with Gasteiger partial charge in [-0.25, -0.2) is 4.79 Å². The lowest BCUT2D eigenvalue weighted by molar-refractivity contribution is 0.0727. The fourth-order valence-electron chi connectivity index (χ4n) is 3.86. The Labute approximate surface area is 149 Å². The van der Waals surface area contributed by atoms with Crippen LogP contribution in [0.2, 0.25) is 0 Å². The average Bonchev–Trinajstić information content (AvgIpc) is 3.10. The molecule has 1 N–H and O–H groups in total. The van der Waals surface area contributed by atoms with E-state index in [0.717, 1.165) is 19.4 Å². The number of piperidine rings is 3. The molecular weight excluding hydrogens is 320 g/mol. The molecule has 0 spiro atoms. The molecule has 1 aromatic rings. The summed E-state index contributed by atoms with van der Waals surface area (Å²) in [7, 11) is 0. The van der Waals surface area contributed by atoms with Crippen LogP contribution in [-0.2, 0) is 4.74 Å². The third-order valence-electron chi connectivity index (χ3n) is 5.36. The van der Waals surface area contributed by atoms with Crippen molar-refractivity contribution in [2.24, 2.45) is 5.92 Å². The summed E-state index contributed by atoms with van der Waals surface area (Å²) in [4.78, 5) is 18.6. The van der Waals surface area contributed by atoms with E-state index in [1.165, 1.54) is 51.6 Å². The van der Waals surface area contributed by atoms with Gasteiger partial charge < -0.3 is 14.2 Å². The second-order valence-corrected chi connectivity index (χ2v) is 7.23. The van der Waals surface area contributed by atoms with Crippen LogP contribution in [0.4, 0.5) is 10.7 Å². The van der Waals surface area contributed by atoms with Crippen molar-refractivity contribution in [3.8, 4) is 0 Å². The van der Waals surface area contributed by atoms with Gasteiger partial charge in [0.15, 0.2) is 0 Å². The number of carbonyl (C=O) groups is 1. The monoisotopic (exact) mass is 350 g/mol. The van der Waals surface area contributed by atoms with E-state index in [-0.39, 0.29) is 5.95 Å². The van der Waals surface area contributed by atoms with Gasteiger partial charge in [0.25, 0.3) is 5.95 Å². The van der Waals surface area contributed by atoms with E-state index >= 15 is 0 Å². The maximum Gasteiger partial charge on any atom is 0.414 e. The van der Waals surface area contributed by atoms with Crippen LogP contribution in [-0.4, -0.2) is 47.4 Å². The van der Waals surface area contributed by atoms with Crippen LogP contribution in [0.15, 0.2) is 4.52 Å². The topological polar surface area (TPSA) is 80.5 Å². The van der Waals surface area contributed by atoms with Gasteiger partial charge >= 0.3 is 6.09 Å². The molecule has 1 aromatic heterocycles. The summed E-state index contributed by atoms with van der Waals surface area (Å²) < 4.78 is 10.6. The molecule has 3 aliphatic heterocycles. The minimum absolute atomic E-state index is 0.208. The quantitative estimate of drug-likeness (QED) is 0.683. The fraction of sp³-hybridized carbons (Fsp3) is 0.833. The number of rotatable bonds is 9. The van der Waals surface area contributed by atoms with Crippen LogP contribution in [0.3, 0.4) is 0 Å². The van der Waals surface area contributed by atoms with Crippen LogP contribution in [0, 0.1) is 5.92 Å². The van der Waals surface area contributed by atoms with Crippen molar-refractivity contribution in [3.05, 3.63) is 5.89 Å². The Kier molecular flexibility index (Phi) is 6.67. The van der Waals surface area contributed by atoms with E-state index in [0.29, 0.717) is 24.3 Å². The molecule has 140 valence electrons. The zero-order chi connectivity index (χ0) is 17.5. The van der Waals surface area contributed by atoms with Gasteiger partial charge in [-0.15, -0.1) is 0 Å². The van der Waals surface area contributed by atoms with Gasteiger partial charge in [0.2, 0.25) is 5.89 Å². The normalized spacial score (nSPS) is 25.1. The van der Waals surface area contributed by atoms with Gasteiger partial charge in [-0.3, -0.25) is 5.32 Å². The highest BCUT2D eigenvalue weighted by molar-refractivity contribution is 5.81. The van der Waals surface area contributed by atoms with E-state index in [1.54, 1.807) is 0 Å². The molecule has 4 rings (SSSR count). The SMILES string of the molecule is CCCCCCCCOC(=O)Nc1noc(C2CN3CCC2CC3)n1. The van der Waals surface area contributed by atoms with E-state index in [1.807, 2.05) is 0 Å². The number of unbranched alkanes of at least 4 members (excludes halogenated alkanes) is 5. The Balaban J connectivity index is 1.36. The van der Waals surface area contributed by atoms with Gasteiger partial charge in [0, 0.05) is 6.54 Å². The van der Waals surface area contributed by atoms with Crippen molar-refractivity contribution in [2.75, 3.05) is 31.6 Å². The number of amides is 1. The molecule has 7 heteroatoms. The van der Waals surface area contributed by atoms with Crippen molar-refractivity contribution < 1.29 is 14.1 Å². The molecule has 3 aliphatic rings. The molecule has 3 saturated heterocycles. The smallest absolute Gasteiger partial charge is 0.414 e. The molecule has 2 bridgehead atoms. The Morgan fingerprint density at radius 1 is 1.24 bits per heavy atom. The molecule has 3 fully saturated rings. The summed E-state index contributed by atoms with van der Waals surface area (Å²) >= 11 is 0. The van der Waals surface area contributed by atoms with E-state index in [9.17, 15) is 4.79 Å². The number of carbonyl (C=O) groups excluding carboxylic acids is 1. The zero-order valence-corrected chi connectivity index (χ0v) is 15.2. The maximum absolute atomic E-state index is 11.8. The molecule has 1 atom stereocenters. The first-order valence-electron chi connectivity index (χ1n) is 9.76. The number of hydrogen-bond donors (Lipinski definition) is 1. The van der Waals surface area contributed by atoms with Gasteiger partial charge in [-0.05, 0) is 43.4 Å². The lowest BCUT2D eigenvalue weighted by atomic mass is 9.79. The van der Waals surface area contributed by atoms with Crippen LogP contribution in [0.25, 0.3) is 0 Å². The highest BCUT2D eigenvalue weighted by Gasteiger charge is 2.38. The molecule has 0 aliphatic carbocycles. The molecule has 4 heterocycles. The molecule has 0 saturated carbocycles. The van der Waals surface area contributed by atoms with Gasteiger partial charge in [-0.1, -0.05) is 39.0 Å². The second-order valence-electron chi connectivity index (χ2n) is 7.23. The van der Waals surface area contributed by atoms with Crippen LogP contribution in [0.5, 0.6) is 0 Å². The summed E-state index contributed by atoms with van der Waals surface area (Å²) in [5.74, 6) is 1.77. The van der Waals surface area contributed by atoms with Crippen LogP contribution in [0.1, 0.15) is 70.1 Å². The second kappa shape index (κ2) is 9.17. The summed E-state index contributed by atoms with van der Waals surface area (Å²) in [5, 5.41) is 6.44. The van der Waals surface area contributed by atoms with Gasteiger partial charge in [-0.2, -0.15) is 4.98 Å². The summed E-state index contributed by atoms with van der Waals surface area (Å²) in [6.45, 7) is 5.96. The average molecular weight is 350 g/mol. The number of anilines is 1. The van der Waals surface area contributed by atoms with Gasteiger partial charge in [0.05, 0.1) is 12.5 Å². The first kappa shape index (κ1) is 18.2. The zero-order valence-electron chi connectivity index (χ0n) is 15.2. The number of ether oxygens (including phenoxy) is 1. The van der Waals surface area contributed by atoms with Crippen LogP contribution < -0.4 is 5.32 Å². The van der Waals surface area contributed by atoms with Crippen molar-refractivity contribution in [2.45, 2.75) is 64.2 Å². The molecule has 1 amide bonds. The Morgan fingerprint density at radius 2 is 2.00 bits per heavy atom. The highest BCUT2D eigenvalue weighted by atomic mass is 16.5.